The van der Waals surface area contributed by atoms with Crippen molar-refractivity contribution in [3.05, 3.63) is 35.9 Å². The van der Waals surface area contributed by atoms with Gasteiger partial charge >= 0.3 is 5.97 Å². The fourth-order valence-electron chi connectivity index (χ4n) is 2.00. The molecule has 1 aromatic rings. The van der Waals surface area contributed by atoms with Crippen molar-refractivity contribution in [2.24, 2.45) is 5.92 Å². The van der Waals surface area contributed by atoms with Crippen LogP contribution in [0.5, 0.6) is 0 Å². The molecule has 0 aromatic heterocycles. The van der Waals surface area contributed by atoms with Crippen molar-refractivity contribution in [1.29, 1.82) is 10.5 Å². The molecule has 2 unspecified atom stereocenters. The van der Waals surface area contributed by atoms with Crippen LogP contribution in [0.15, 0.2) is 30.3 Å². The second kappa shape index (κ2) is 5.84. The third-order valence-electron chi connectivity index (χ3n) is 3.10. The molecule has 0 radical (unpaired) electrons. The van der Waals surface area contributed by atoms with E-state index in [1.54, 1.807) is 31.2 Å². The molecule has 92 valence electrons. The summed E-state index contributed by atoms with van der Waals surface area (Å²) in [5.74, 6) is -1.80. The van der Waals surface area contributed by atoms with E-state index in [0.29, 0.717) is 12.0 Å². The molecule has 0 spiro atoms. The van der Waals surface area contributed by atoms with Crippen molar-refractivity contribution < 1.29 is 9.53 Å². The van der Waals surface area contributed by atoms with E-state index in [4.69, 9.17) is 0 Å². The highest BCUT2D eigenvalue weighted by molar-refractivity contribution is 5.78. The molecule has 0 aliphatic rings. The summed E-state index contributed by atoms with van der Waals surface area (Å²) in [7, 11) is 1.22. The Morgan fingerprint density at radius 3 is 2.39 bits per heavy atom. The molecule has 1 rings (SSSR count). The van der Waals surface area contributed by atoms with Crippen molar-refractivity contribution in [3.8, 4) is 12.1 Å². The predicted octanol–water partition coefficient (Wildman–Crippen LogP) is 2.17. The molecule has 0 bridgehead atoms. The topological polar surface area (TPSA) is 73.9 Å². The van der Waals surface area contributed by atoms with Crippen molar-refractivity contribution in [3.63, 3.8) is 0 Å². The maximum atomic E-state index is 11.7. The Morgan fingerprint density at radius 1 is 1.39 bits per heavy atom. The molecule has 0 saturated carbocycles. The van der Waals surface area contributed by atoms with Crippen LogP contribution in [0.25, 0.3) is 0 Å². The van der Waals surface area contributed by atoms with Gasteiger partial charge in [0.2, 0.25) is 0 Å². The number of rotatable bonds is 4. The summed E-state index contributed by atoms with van der Waals surface area (Å²) in [6, 6.07) is 12.9. The lowest BCUT2D eigenvalue weighted by molar-refractivity contribution is -0.145. The summed E-state index contributed by atoms with van der Waals surface area (Å²) in [6.45, 7) is 1.78. The second-order valence-corrected chi connectivity index (χ2v) is 3.89. The maximum Gasteiger partial charge on any atom is 0.325 e. The van der Waals surface area contributed by atoms with E-state index in [0.717, 1.165) is 0 Å². The quantitative estimate of drug-likeness (QED) is 0.758. The largest absolute Gasteiger partial charge is 0.468 e. The highest BCUT2D eigenvalue weighted by Crippen LogP contribution is 2.35. The van der Waals surface area contributed by atoms with Crippen molar-refractivity contribution in [2.45, 2.75) is 18.8 Å². The summed E-state index contributed by atoms with van der Waals surface area (Å²) in [5.41, 5.74) is -0.504. The Balaban J connectivity index is 3.37. The number of nitrogens with zero attached hydrogens (tertiary/aromatic N) is 2. The highest BCUT2D eigenvalue weighted by atomic mass is 16.5. The Hall–Kier alpha value is -2.33. The first-order valence-corrected chi connectivity index (χ1v) is 5.60. The van der Waals surface area contributed by atoms with Crippen LogP contribution in [0.2, 0.25) is 0 Å². The molecule has 18 heavy (non-hydrogen) atoms. The molecule has 0 N–H and O–H groups in total. The highest BCUT2D eigenvalue weighted by Gasteiger charge is 2.44. The van der Waals surface area contributed by atoms with Crippen LogP contribution >= 0.6 is 0 Å². The Bertz CT molecular complexity index is 499. The summed E-state index contributed by atoms with van der Waals surface area (Å²) >= 11 is 0. The number of ether oxygens (including phenoxy) is 1. The first kappa shape index (κ1) is 13.7. The first-order valence-electron chi connectivity index (χ1n) is 5.60. The van der Waals surface area contributed by atoms with E-state index in [1.807, 2.05) is 12.1 Å². The molecule has 0 amide bonds. The first-order chi connectivity index (χ1) is 8.66. The van der Waals surface area contributed by atoms with Crippen LogP contribution in [0, 0.1) is 28.6 Å². The number of carbonyl (C=O) groups excluding carboxylic acids is 1. The molecular formula is C14H14N2O2. The summed E-state index contributed by atoms with van der Waals surface area (Å²) < 4.78 is 4.62. The van der Waals surface area contributed by atoms with Crippen LogP contribution in [0.1, 0.15) is 18.9 Å². The second-order valence-electron chi connectivity index (χ2n) is 3.89. The average molecular weight is 242 g/mol. The number of esters is 1. The van der Waals surface area contributed by atoms with E-state index >= 15 is 0 Å². The van der Waals surface area contributed by atoms with Gasteiger partial charge in [-0.2, -0.15) is 10.5 Å². The summed E-state index contributed by atoms with van der Waals surface area (Å²) in [5, 5.41) is 18.7. The molecule has 0 aliphatic heterocycles. The van der Waals surface area contributed by atoms with Crippen LogP contribution in [0.4, 0.5) is 0 Å². The number of benzene rings is 1. The van der Waals surface area contributed by atoms with Crippen LogP contribution in [-0.2, 0) is 14.9 Å². The van der Waals surface area contributed by atoms with Gasteiger partial charge in [0.05, 0.1) is 19.2 Å². The molecule has 0 heterocycles. The van der Waals surface area contributed by atoms with Gasteiger partial charge in [0, 0.05) is 0 Å². The van der Waals surface area contributed by atoms with Crippen LogP contribution in [-0.4, -0.2) is 13.1 Å². The van der Waals surface area contributed by atoms with E-state index in [2.05, 4.69) is 10.8 Å². The fourth-order valence-corrected chi connectivity index (χ4v) is 2.00. The van der Waals surface area contributed by atoms with E-state index in [1.165, 1.54) is 7.11 Å². The molecule has 1 aromatic carbocycles. The lowest BCUT2D eigenvalue weighted by Crippen LogP contribution is -2.38. The van der Waals surface area contributed by atoms with Gasteiger partial charge < -0.3 is 4.74 Å². The molecule has 0 fully saturated rings. The van der Waals surface area contributed by atoms with Crippen molar-refractivity contribution in [1.82, 2.24) is 0 Å². The average Bonchev–Trinajstić information content (AvgIpc) is 2.45. The number of nitriles is 2. The third-order valence-corrected chi connectivity index (χ3v) is 3.10. The number of methoxy groups -OCH3 is 1. The molecule has 0 saturated heterocycles. The zero-order chi connectivity index (χ0) is 13.6. The van der Waals surface area contributed by atoms with E-state index < -0.39 is 17.3 Å². The zero-order valence-electron chi connectivity index (χ0n) is 10.4. The third kappa shape index (κ3) is 2.19. The molecule has 4 heteroatoms. The van der Waals surface area contributed by atoms with Crippen LogP contribution < -0.4 is 0 Å². The fraction of sp³-hybridized carbons (Fsp3) is 0.357. The maximum absolute atomic E-state index is 11.7. The van der Waals surface area contributed by atoms with Crippen molar-refractivity contribution >= 4 is 5.97 Å². The minimum atomic E-state index is -1.16. The minimum Gasteiger partial charge on any atom is -0.468 e. The SMILES string of the molecule is CCC(C#N)(c1ccccc1)C(C#N)C(=O)OC. The Labute approximate surface area is 106 Å². The smallest absolute Gasteiger partial charge is 0.325 e. The van der Waals surface area contributed by atoms with Gasteiger partial charge in [0.1, 0.15) is 5.41 Å². The van der Waals surface area contributed by atoms with E-state index in [-0.39, 0.29) is 0 Å². The zero-order valence-corrected chi connectivity index (χ0v) is 10.4. The summed E-state index contributed by atoms with van der Waals surface area (Å²) in [4.78, 5) is 11.7. The monoisotopic (exact) mass is 242 g/mol. The number of carbonyl (C=O) groups is 1. The minimum absolute atomic E-state index is 0.362. The van der Waals surface area contributed by atoms with Crippen LogP contribution in [0.3, 0.4) is 0 Å². The lowest BCUT2D eigenvalue weighted by atomic mass is 9.70. The molecule has 4 nitrogen and oxygen atoms in total. The van der Waals surface area contributed by atoms with Gasteiger partial charge in [-0.3, -0.25) is 4.79 Å². The van der Waals surface area contributed by atoms with Gasteiger partial charge in [0.25, 0.3) is 0 Å². The van der Waals surface area contributed by atoms with Crippen molar-refractivity contribution in [2.75, 3.05) is 7.11 Å². The standard InChI is InChI=1S/C14H14N2O2/c1-3-14(10-16,11-7-5-4-6-8-11)12(9-15)13(17)18-2/h4-8,12H,3H2,1-2H3. The molecular weight excluding hydrogens is 228 g/mol. The summed E-state index contributed by atoms with van der Waals surface area (Å²) in [6.07, 6.45) is 0.362. The predicted molar refractivity (Wildman–Crippen MR) is 65.1 cm³/mol. The lowest BCUT2D eigenvalue weighted by Gasteiger charge is -2.28. The molecule has 0 aliphatic carbocycles. The van der Waals surface area contributed by atoms with Gasteiger partial charge in [0.15, 0.2) is 5.92 Å². The van der Waals surface area contributed by atoms with Gasteiger partial charge in [-0.1, -0.05) is 37.3 Å². The van der Waals surface area contributed by atoms with Gasteiger partial charge in [-0.25, -0.2) is 0 Å². The Morgan fingerprint density at radius 2 is 2.00 bits per heavy atom. The van der Waals surface area contributed by atoms with E-state index in [9.17, 15) is 15.3 Å². The molecule has 2 atom stereocenters. The Kier molecular flexibility index (Phi) is 4.45. The normalized spacial score (nSPS) is 14.7. The van der Waals surface area contributed by atoms with Gasteiger partial charge in [-0.05, 0) is 12.0 Å². The van der Waals surface area contributed by atoms with Gasteiger partial charge in [-0.15, -0.1) is 0 Å². The number of hydrogen-bond acceptors (Lipinski definition) is 4. The number of hydrogen-bond donors (Lipinski definition) is 0.